The van der Waals surface area contributed by atoms with Crippen molar-refractivity contribution >= 4 is 40.3 Å². The smallest absolute Gasteiger partial charge is 0.321 e. The number of carboxylic acid groups (broad SMARTS) is 1. The minimum atomic E-state index is -0.809. The number of likely N-dealkylation sites (tertiary alicyclic amines) is 1. The minimum absolute atomic E-state index is 0.226. The highest BCUT2D eigenvalue weighted by Crippen LogP contribution is 2.33. The maximum atomic E-state index is 12.3. The molecule has 1 saturated heterocycles. The third-order valence-corrected chi connectivity index (χ3v) is 4.74. The molecule has 0 aromatic heterocycles. The fourth-order valence-corrected chi connectivity index (χ4v) is 3.23. The molecule has 5 nitrogen and oxygen atoms in total. The van der Waals surface area contributed by atoms with Crippen LogP contribution in [-0.2, 0) is 4.79 Å². The Labute approximate surface area is 137 Å². The lowest BCUT2D eigenvalue weighted by Crippen LogP contribution is -2.50. The second-order valence-corrected chi connectivity index (χ2v) is 6.65. The normalized spacial score (nSPS) is 21.9. The van der Waals surface area contributed by atoms with Gasteiger partial charge in [0.05, 0.1) is 5.41 Å². The van der Waals surface area contributed by atoms with Crippen LogP contribution in [-0.4, -0.2) is 35.1 Å². The van der Waals surface area contributed by atoms with Gasteiger partial charge in [-0.15, -0.1) is 0 Å². The van der Waals surface area contributed by atoms with Crippen molar-refractivity contribution in [2.24, 2.45) is 5.41 Å². The Hall–Kier alpha value is -1.31. The molecule has 1 aromatic carbocycles. The maximum Gasteiger partial charge on any atom is 0.321 e. The lowest BCUT2D eigenvalue weighted by Gasteiger charge is -2.39. The van der Waals surface area contributed by atoms with Gasteiger partial charge in [-0.1, -0.05) is 13.0 Å². The molecule has 1 aromatic rings. The van der Waals surface area contributed by atoms with E-state index in [1.165, 1.54) is 0 Å². The summed E-state index contributed by atoms with van der Waals surface area (Å²) in [5, 5.41) is 12.3. The number of aliphatic carboxylic acids is 1. The molecule has 0 spiro atoms. The molecule has 2 rings (SSSR count). The molecule has 1 heterocycles. The topological polar surface area (TPSA) is 69.6 Å². The van der Waals surface area contributed by atoms with E-state index in [0.29, 0.717) is 19.4 Å². The number of benzene rings is 1. The maximum absolute atomic E-state index is 12.3. The molecular weight excluding hydrogens is 383 g/mol. The van der Waals surface area contributed by atoms with Gasteiger partial charge in [0.2, 0.25) is 0 Å². The number of nitrogens with one attached hydrogen (secondary N) is 1. The molecule has 0 bridgehead atoms. The largest absolute Gasteiger partial charge is 0.481 e. The first-order valence-corrected chi connectivity index (χ1v) is 8.09. The molecular formula is C15H19IN2O3. The molecule has 1 aliphatic rings. The van der Waals surface area contributed by atoms with Gasteiger partial charge in [0.1, 0.15) is 0 Å². The first-order valence-electron chi connectivity index (χ1n) is 7.02. The van der Waals surface area contributed by atoms with Crippen LogP contribution >= 0.6 is 22.6 Å². The predicted molar refractivity (Wildman–Crippen MR) is 89.3 cm³/mol. The van der Waals surface area contributed by atoms with Gasteiger partial charge in [-0.2, -0.15) is 0 Å². The number of urea groups is 1. The Morgan fingerprint density at radius 2 is 2.24 bits per heavy atom. The highest BCUT2D eigenvalue weighted by Gasteiger charge is 2.42. The van der Waals surface area contributed by atoms with Crippen molar-refractivity contribution < 1.29 is 14.7 Å². The second-order valence-electron chi connectivity index (χ2n) is 5.40. The summed E-state index contributed by atoms with van der Waals surface area (Å²) < 4.78 is 1.04. The van der Waals surface area contributed by atoms with E-state index < -0.39 is 11.4 Å². The van der Waals surface area contributed by atoms with E-state index in [0.717, 1.165) is 15.7 Å². The molecule has 1 atom stereocenters. The van der Waals surface area contributed by atoms with Crippen molar-refractivity contribution in [1.82, 2.24) is 4.90 Å². The van der Waals surface area contributed by atoms with Gasteiger partial charge in [0, 0.05) is 22.3 Å². The van der Waals surface area contributed by atoms with E-state index in [1.54, 1.807) is 4.90 Å². The van der Waals surface area contributed by atoms with Crippen molar-refractivity contribution in [3.05, 3.63) is 27.8 Å². The monoisotopic (exact) mass is 402 g/mol. The van der Waals surface area contributed by atoms with Crippen LogP contribution in [0.3, 0.4) is 0 Å². The Morgan fingerprint density at radius 3 is 2.86 bits per heavy atom. The number of halogens is 1. The Bertz CT molecular complexity index is 549. The molecule has 1 fully saturated rings. The van der Waals surface area contributed by atoms with Crippen LogP contribution in [0.5, 0.6) is 0 Å². The van der Waals surface area contributed by atoms with Crippen LogP contribution in [0.4, 0.5) is 10.5 Å². The van der Waals surface area contributed by atoms with Crippen molar-refractivity contribution in [2.75, 3.05) is 18.4 Å². The summed E-state index contributed by atoms with van der Waals surface area (Å²) in [5.41, 5.74) is -0.0735. The SMILES string of the molecule is CCC1(C(=O)O)CCCN(C(=O)Nc2cccc(I)c2)C1. The Morgan fingerprint density at radius 1 is 1.48 bits per heavy atom. The van der Waals surface area contributed by atoms with Crippen LogP contribution in [0.1, 0.15) is 26.2 Å². The van der Waals surface area contributed by atoms with Crippen LogP contribution in [0, 0.1) is 8.99 Å². The summed E-state index contributed by atoms with van der Waals surface area (Å²) in [6.45, 7) is 2.74. The van der Waals surface area contributed by atoms with Crippen LogP contribution < -0.4 is 5.32 Å². The Balaban J connectivity index is 2.07. The summed E-state index contributed by atoms with van der Waals surface area (Å²) in [6.07, 6.45) is 1.89. The molecule has 114 valence electrons. The molecule has 6 heteroatoms. The third-order valence-electron chi connectivity index (χ3n) is 4.07. The molecule has 2 amide bonds. The quantitative estimate of drug-likeness (QED) is 0.762. The number of piperidine rings is 1. The van der Waals surface area contributed by atoms with Crippen molar-refractivity contribution in [2.45, 2.75) is 26.2 Å². The second kappa shape index (κ2) is 6.64. The number of carbonyl (C=O) groups is 2. The van der Waals surface area contributed by atoms with Crippen molar-refractivity contribution in [3.8, 4) is 0 Å². The average Bonchev–Trinajstić information content (AvgIpc) is 2.47. The lowest BCUT2D eigenvalue weighted by atomic mass is 9.78. The summed E-state index contributed by atoms with van der Waals surface area (Å²) in [5.74, 6) is -0.809. The van der Waals surface area contributed by atoms with Gasteiger partial charge >= 0.3 is 12.0 Å². The molecule has 2 N–H and O–H groups in total. The number of nitrogens with zero attached hydrogens (tertiary/aromatic N) is 1. The standard InChI is InChI=1S/C15H19IN2O3/c1-2-15(13(19)20)7-4-8-18(10-15)14(21)17-12-6-3-5-11(16)9-12/h3,5-6,9H,2,4,7-8,10H2,1H3,(H,17,21)(H,19,20). The van der Waals surface area contributed by atoms with Gasteiger partial charge in [-0.05, 0) is 60.1 Å². The number of rotatable bonds is 3. The van der Waals surface area contributed by atoms with Gasteiger partial charge in [0.25, 0.3) is 0 Å². The Kier molecular flexibility index (Phi) is 5.08. The van der Waals surface area contributed by atoms with E-state index in [2.05, 4.69) is 27.9 Å². The summed E-state index contributed by atoms with van der Waals surface area (Å²) >= 11 is 2.18. The number of hydrogen-bond donors (Lipinski definition) is 2. The molecule has 0 saturated carbocycles. The zero-order valence-corrected chi connectivity index (χ0v) is 14.1. The highest BCUT2D eigenvalue weighted by atomic mass is 127. The van der Waals surface area contributed by atoms with Crippen molar-refractivity contribution in [3.63, 3.8) is 0 Å². The number of hydrogen-bond acceptors (Lipinski definition) is 2. The highest BCUT2D eigenvalue weighted by molar-refractivity contribution is 14.1. The van der Waals surface area contributed by atoms with Crippen LogP contribution in [0.15, 0.2) is 24.3 Å². The zero-order chi connectivity index (χ0) is 15.5. The molecule has 21 heavy (non-hydrogen) atoms. The number of amides is 2. The summed E-state index contributed by atoms with van der Waals surface area (Å²) in [7, 11) is 0. The molecule has 1 unspecified atom stereocenters. The third kappa shape index (κ3) is 3.66. The number of carboxylic acids is 1. The van der Waals surface area contributed by atoms with E-state index in [9.17, 15) is 14.7 Å². The zero-order valence-electron chi connectivity index (χ0n) is 11.9. The van der Waals surface area contributed by atoms with E-state index in [1.807, 2.05) is 31.2 Å². The van der Waals surface area contributed by atoms with E-state index in [-0.39, 0.29) is 12.6 Å². The van der Waals surface area contributed by atoms with Gasteiger partial charge in [-0.3, -0.25) is 4.79 Å². The lowest BCUT2D eigenvalue weighted by molar-refractivity contribution is -0.152. The summed E-state index contributed by atoms with van der Waals surface area (Å²) in [6, 6.07) is 7.31. The molecule has 1 aliphatic heterocycles. The van der Waals surface area contributed by atoms with Crippen LogP contribution in [0.25, 0.3) is 0 Å². The number of anilines is 1. The fraction of sp³-hybridized carbons (Fsp3) is 0.467. The number of carbonyl (C=O) groups excluding carboxylic acids is 1. The average molecular weight is 402 g/mol. The van der Waals surface area contributed by atoms with Crippen LogP contribution in [0.2, 0.25) is 0 Å². The first-order chi connectivity index (χ1) is 9.97. The summed E-state index contributed by atoms with van der Waals surface area (Å²) in [4.78, 5) is 25.5. The first kappa shape index (κ1) is 16.1. The predicted octanol–water partition coefficient (Wildman–Crippen LogP) is 3.40. The van der Waals surface area contributed by atoms with Gasteiger partial charge in [0.15, 0.2) is 0 Å². The minimum Gasteiger partial charge on any atom is -0.481 e. The molecule has 0 aliphatic carbocycles. The fourth-order valence-electron chi connectivity index (χ4n) is 2.69. The van der Waals surface area contributed by atoms with Gasteiger partial charge in [-0.25, -0.2) is 4.79 Å². The van der Waals surface area contributed by atoms with Crippen molar-refractivity contribution in [1.29, 1.82) is 0 Å². The van der Waals surface area contributed by atoms with E-state index >= 15 is 0 Å². The van der Waals surface area contributed by atoms with Gasteiger partial charge < -0.3 is 15.3 Å². The molecule has 0 radical (unpaired) electrons. The van der Waals surface area contributed by atoms with E-state index in [4.69, 9.17) is 0 Å².